The number of hydrogen-bond acceptors (Lipinski definition) is 4. The maximum Gasteiger partial charge on any atom is 0.113 e. The molecule has 0 aromatic heterocycles. The molecule has 2 radical (unpaired) electrons. The smallest absolute Gasteiger partial charge is 0.113 e. The number of hydrogen-bond donors (Lipinski definition) is 0. The van der Waals surface area contributed by atoms with Crippen LogP contribution in [0.3, 0.4) is 0 Å². The van der Waals surface area contributed by atoms with E-state index in [1.807, 2.05) is 13.8 Å². The third-order valence-corrected chi connectivity index (χ3v) is 2.48. The number of ether oxygens (including phenoxy) is 4. The first-order valence-corrected chi connectivity index (χ1v) is 5.18. The molecule has 4 nitrogen and oxygen atoms in total. The van der Waals surface area contributed by atoms with Crippen molar-refractivity contribution in [1.82, 2.24) is 0 Å². The van der Waals surface area contributed by atoms with Crippen molar-refractivity contribution < 1.29 is 18.9 Å². The fraction of sp³-hybridized carbons (Fsp3) is 1.00. The maximum atomic E-state index is 5.77. The second-order valence-electron chi connectivity index (χ2n) is 3.92. The van der Waals surface area contributed by atoms with Crippen LogP contribution in [0.15, 0.2) is 0 Å². The van der Waals surface area contributed by atoms with Crippen molar-refractivity contribution in [3.8, 4) is 0 Å². The molecule has 0 saturated carbocycles. The van der Waals surface area contributed by atoms with Crippen molar-refractivity contribution in [2.24, 2.45) is 0 Å². The Morgan fingerprint density at radius 2 is 1.80 bits per heavy atom. The second-order valence-corrected chi connectivity index (χ2v) is 3.92. The zero-order valence-electron chi connectivity index (χ0n) is 9.80. The van der Waals surface area contributed by atoms with Gasteiger partial charge in [0.05, 0.1) is 12.7 Å². The summed E-state index contributed by atoms with van der Waals surface area (Å²) in [5.74, 6) is 0. The van der Waals surface area contributed by atoms with E-state index < -0.39 is 6.00 Å². The van der Waals surface area contributed by atoms with Gasteiger partial charge in [-0.25, -0.2) is 0 Å². The van der Waals surface area contributed by atoms with E-state index in [-0.39, 0.29) is 24.4 Å². The Balaban J connectivity index is 2.50. The Labute approximate surface area is 92.6 Å². The molecule has 1 heterocycles. The molecule has 0 N–H and O–H groups in total. The minimum absolute atomic E-state index is 0.155. The molecule has 1 rings (SSSR count). The van der Waals surface area contributed by atoms with Crippen molar-refractivity contribution in [2.45, 2.75) is 44.3 Å². The van der Waals surface area contributed by atoms with E-state index in [2.05, 4.69) is 0 Å². The van der Waals surface area contributed by atoms with E-state index in [1.165, 1.54) is 0 Å². The third-order valence-electron chi connectivity index (χ3n) is 2.48. The van der Waals surface area contributed by atoms with Gasteiger partial charge >= 0.3 is 0 Å². The van der Waals surface area contributed by atoms with Crippen LogP contribution in [0.5, 0.6) is 0 Å². The van der Waals surface area contributed by atoms with Crippen molar-refractivity contribution in [2.75, 3.05) is 20.8 Å². The zero-order valence-corrected chi connectivity index (χ0v) is 9.80. The lowest BCUT2D eigenvalue weighted by Crippen LogP contribution is -2.38. The molecule has 0 aromatic carbocycles. The average Bonchev–Trinajstić information content (AvgIpc) is 2.50. The Morgan fingerprint density at radius 1 is 1.20 bits per heavy atom. The van der Waals surface area contributed by atoms with Crippen molar-refractivity contribution in [3.05, 3.63) is 0 Å². The highest BCUT2D eigenvalue weighted by Crippen LogP contribution is 2.24. The molecular formula is C10H19BO4. The van der Waals surface area contributed by atoms with E-state index in [4.69, 9.17) is 26.8 Å². The lowest BCUT2D eigenvalue weighted by Gasteiger charge is -2.21. The topological polar surface area (TPSA) is 36.9 Å². The molecular weight excluding hydrogens is 195 g/mol. The lowest BCUT2D eigenvalue weighted by atomic mass is 9.93. The summed E-state index contributed by atoms with van der Waals surface area (Å²) in [5.41, 5.74) is 0. The van der Waals surface area contributed by atoms with Gasteiger partial charge in [-0.2, -0.15) is 0 Å². The van der Waals surface area contributed by atoms with E-state index in [0.29, 0.717) is 6.61 Å². The predicted octanol–water partition coefficient (Wildman–Crippen LogP) is 0.335. The fourth-order valence-electron chi connectivity index (χ4n) is 1.73. The second kappa shape index (κ2) is 5.84. The molecule has 15 heavy (non-hydrogen) atoms. The van der Waals surface area contributed by atoms with Crippen LogP contribution in [0.2, 0.25) is 0 Å². The van der Waals surface area contributed by atoms with Gasteiger partial charge in [0.2, 0.25) is 0 Å². The molecule has 4 atom stereocenters. The normalized spacial score (nSPS) is 36.3. The van der Waals surface area contributed by atoms with Crippen molar-refractivity contribution >= 4 is 7.85 Å². The van der Waals surface area contributed by atoms with Crippen LogP contribution in [0.4, 0.5) is 0 Å². The molecule has 3 unspecified atom stereocenters. The SMILES string of the molecule is [B]C1OC(COC(C)C)C(OC)[C@H]1OC. The highest BCUT2D eigenvalue weighted by Gasteiger charge is 2.42. The maximum absolute atomic E-state index is 5.77. The van der Waals surface area contributed by atoms with Crippen LogP contribution in [0.1, 0.15) is 13.8 Å². The number of rotatable bonds is 5. The molecule has 1 aliphatic rings. The van der Waals surface area contributed by atoms with Crippen LogP contribution >= 0.6 is 0 Å². The summed E-state index contributed by atoms with van der Waals surface area (Å²) in [4.78, 5) is 0. The van der Waals surface area contributed by atoms with Crippen LogP contribution in [-0.2, 0) is 18.9 Å². The van der Waals surface area contributed by atoms with Gasteiger partial charge in [0, 0.05) is 20.2 Å². The van der Waals surface area contributed by atoms with Gasteiger partial charge < -0.3 is 18.9 Å². The summed E-state index contributed by atoms with van der Waals surface area (Å²) in [7, 11) is 9.00. The first-order chi connectivity index (χ1) is 7.10. The van der Waals surface area contributed by atoms with Crippen LogP contribution in [0, 0.1) is 0 Å². The summed E-state index contributed by atoms with van der Waals surface area (Å²) < 4.78 is 21.6. The molecule has 0 aromatic rings. The highest BCUT2D eigenvalue weighted by atomic mass is 16.6. The Kier molecular flexibility index (Phi) is 5.05. The summed E-state index contributed by atoms with van der Waals surface area (Å²) in [6.45, 7) is 4.43. The highest BCUT2D eigenvalue weighted by molar-refractivity contribution is 6.11. The van der Waals surface area contributed by atoms with Gasteiger partial charge in [0.25, 0.3) is 0 Å². The van der Waals surface area contributed by atoms with Gasteiger partial charge in [-0.3, -0.25) is 0 Å². The zero-order chi connectivity index (χ0) is 11.4. The van der Waals surface area contributed by atoms with Gasteiger partial charge in [0.1, 0.15) is 26.2 Å². The summed E-state index contributed by atoms with van der Waals surface area (Å²) in [6, 6.07) is -0.444. The third kappa shape index (κ3) is 3.18. The molecule has 0 aliphatic carbocycles. The molecule has 1 aliphatic heterocycles. The lowest BCUT2D eigenvalue weighted by molar-refractivity contribution is -0.0647. The van der Waals surface area contributed by atoms with Crippen molar-refractivity contribution in [1.29, 1.82) is 0 Å². The summed E-state index contributed by atoms with van der Waals surface area (Å²) in [5, 5.41) is 0. The molecule has 0 bridgehead atoms. The Bertz CT molecular complexity index is 188. The molecule has 1 saturated heterocycles. The molecule has 1 fully saturated rings. The monoisotopic (exact) mass is 214 g/mol. The van der Waals surface area contributed by atoms with Gasteiger partial charge in [0.15, 0.2) is 0 Å². The molecule has 86 valence electrons. The van der Waals surface area contributed by atoms with Crippen LogP contribution < -0.4 is 0 Å². The molecule has 0 amide bonds. The number of methoxy groups -OCH3 is 2. The van der Waals surface area contributed by atoms with E-state index in [0.717, 1.165) is 0 Å². The first-order valence-electron chi connectivity index (χ1n) is 5.18. The molecule has 0 spiro atoms. The standard InChI is InChI=1S/C10H19BO4/c1-6(2)14-5-7-8(12-3)9(13-4)10(11)15-7/h6-10H,5H2,1-4H3/t7?,8?,9-,10?/m1/s1. The Morgan fingerprint density at radius 3 is 2.27 bits per heavy atom. The first kappa shape index (κ1) is 13.0. The van der Waals surface area contributed by atoms with Gasteiger partial charge in [-0.1, -0.05) is 0 Å². The van der Waals surface area contributed by atoms with Gasteiger partial charge in [-0.05, 0) is 13.8 Å². The summed E-state index contributed by atoms with van der Waals surface area (Å²) >= 11 is 0. The minimum atomic E-state index is -0.444. The predicted molar refractivity (Wildman–Crippen MR) is 57.1 cm³/mol. The quantitative estimate of drug-likeness (QED) is 0.618. The van der Waals surface area contributed by atoms with Crippen molar-refractivity contribution in [3.63, 3.8) is 0 Å². The van der Waals surface area contributed by atoms with E-state index in [1.54, 1.807) is 14.2 Å². The largest absolute Gasteiger partial charge is 0.377 e. The minimum Gasteiger partial charge on any atom is -0.377 e. The van der Waals surface area contributed by atoms with E-state index >= 15 is 0 Å². The Hall–Kier alpha value is -0.0951. The van der Waals surface area contributed by atoms with Crippen LogP contribution in [-0.4, -0.2) is 59.1 Å². The molecule has 5 heteroatoms. The average molecular weight is 214 g/mol. The van der Waals surface area contributed by atoms with Crippen LogP contribution in [0.25, 0.3) is 0 Å². The fourth-order valence-corrected chi connectivity index (χ4v) is 1.73. The van der Waals surface area contributed by atoms with E-state index in [9.17, 15) is 0 Å². The van der Waals surface area contributed by atoms with Gasteiger partial charge in [-0.15, -0.1) is 0 Å². The summed E-state index contributed by atoms with van der Waals surface area (Å²) in [6.07, 6.45) is -0.374.